The Morgan fingerprint density at radius 1 is 1.29 bits per heavy atom. The third kappa shape index (κ3) is 2.97. The van der Waals surface area contributed by atoms with Crippen molar-refractivity contribution < 1.29 is 8.83 Å². The number of hydrogen-bond donors (Lipinski definition) is 0. The van der Waals surface area contributed by atoms with Gasteiger partial charge in [-0.1, -0.05) is 18.7 Å². The summed E-state index contributed by atoms with van der Waals surface area (Å²) in [7, 11) is 0. The number of furan rings is 1. The van der Waals surface area contributed by atoms with Crippen LogP contribution < -0.4 is 0 Å². The Kier molecular flexibility index (Phi) is 4.00. The summed E-state index contributed by atoms with van der Waals surface area (Å²) in [5, 5.41) is 20.1. The second-order valence-corrected chi connectivity index (χ2v) is 5.30. The van der Waals surface area contributed by atoms with Crippen molar-refractivity contribution in [2.45, 2.75) is 37.8 Å². The molecule has 0 bridgehead atoms. The standard InChI is InChI=1S/C12H14N6O2S/c1-3-5-18-10(13-16-17-18)7-21-12-15-14-11(20-12)9-4-6-19-8(9)2/h4,6H,3,5,7H2,1-2H3. The predicted molar refractivity (Wildman–Crippen MR) is 74.4 cm³/mol. The van der Waals surface area contributed by atoms with Crippen LogP contribution in [0.3, 0.4) is 0 Å². The van der Waals surface area contributed by atoms with Crippen LogP contribution in [0.4, 0.5) is 0 Å². The first-order valence-corrected chi connectivity index (χ1v) is 7.52. The van der Waals surface area contributed by atoms with Crippen LogP contribution in [0.5, 0.6) is 0 Å². The quantitative estimate of drug-likeness (QED) is 0.640. The van der Waals surface area contributed by atoms with Crippen LogP contribution in [0.25, 0.3) is 11.5 Å². The van der Waals surface area contributed by atoms with Crippen LogP contribution in [0.15, 0.2) is 26.4 Å². The number of aromatic nitrogens is 6. The molecule has 3 rings (SSSR count). The first kappa shape index (κ1) is 13.8. The minimum absolute atomic E-state index is 0.455. The van der Waals surface area contributed by atoms with Crippen LogP contribution in [0.2, 0.25) is 0 Å². The van der Waals surface area contributed by atoms with Gasteiger partial charge in [-0.3, -0.25) is 0 Å². The van der Waals surface area contributed by atoms with Crippen molar-refractivity contribution in [1.82, 2.24) is 30.4 Å². The molecule has 0 amide bonds. The molecule has 0 saturated heterocycles. The zero-order valence-electron chi connectivity index (χ0n) is 11.7. The molecule has 0 spiro atoms. The Balaban J connectivity index is 1.68. The summed E-state index contributed by atoms with van der Waals surface area (Å²) in [4.78, 5) is 0. The van der Waals surface area contributed by atoms with Gasteiger partial charge >= 0.3 is 0 Å². The van der Waals surface area contributed by atoms with Crippen LogP contribution in [-0.2, 0) is 12.3 Å². The molecule has 0 N–H and O–H groups in total. The van der Waals surface area contributed by atoms with E-state index in [-0.39, 0.29) is 0 Å². The number of nitrogens with zero attached hydrogens (tertiary/aromatic N) is 6. The first-order chi connectivity index (χ1) is 10.3. The molecule has 0 unspecified atom stereocenters. The Morgan fingerprint density at radius 2 is 2.19 bits per heavy atom. The van der Waals surface area contributed by atoms with Gasteiger partial charge in [-0.05, 0) is 29.8 Å². The number of tetrazole rings is 1. The molecule has 0 aromatic carbocycles. The molecule has 0 fully saturated rings. The maximum absolute atomic E-state index is 5.61. The summed E-state index contributed by atoms with van der Waals surface area (Å²) in [5.74, 6) is 2.58. The zero-order chi connectivity index (χ0) is 14.7. The molecule has 21 heavy (non-hydrogen) atoms. The van der Waals surface area contributed by atoms with Crippen LogP contribution >= 0.6 is 11.8 Å². The highest BCUT2D eigenvalue weighted by atomic mass is 32.2. The minimum Gasteiger partial charge on any atom is -0.469 e. The molecular weight excluding hydrogens is 292 g/mol. The fourth-order valence-electron chi connectivity index (χ4n) is 1.82. The molecule has 3 aromatic heterocycles. The van der Waals surface area contributed by atoms with Crippen molar-refractivity contribution in [3.8, 4) is 11.5 Å². The molecule has 3 aromatic rings. The summed E-state index contributed by atoms with van der Waals surface area (Å²) in [6.07, 6.45) is 2.58. The van der Waals surface area contributed by atoms with Crippen LogP contribution in [0.1, 0.15) is 24.9 Å². The first-order valence-electron chi connectivity index (χ1n) is 6.53. The van der Waals surface area contributed by atoms with E-state index in [1.54, 1.807) is 17.0 Å². The topological polar surface area (TPSA) is 95.7 Å². The molecule has 0 aliphatic carbocycles. The van der Waals surface area contributed by atoms with E-state index in [4.69, 9.17) is 8.83 Å². The molecule has 3 heterocycles. The third-order valence-corrected chi connectivity index (χ3v) is 3.68. The van der Waals surface area contributed by atoms with Gasteiger partial charge in [0, 0.05) is 6.54 Å². The van der Waals surface area contributed by atoms with Gasteiger partial charge in [0.05, 0.1) is 17.6 Å². The monoisotopic (exact) mass is 306 g/mol. The lowest BCUT2D eigenvalue weighted by Crippen LogP contribution is -2.04. The molecule has 8 nitrogen and oxygen atoms in total. The normalized spacial score (nSPS) is 11.1. The molecule has 9 heteroatoms. The number of hydrogen-bond acceptors (Lipinski definition) is 8. The second-order valence-electron chi connectivity index (χ2n) is 4.37. The predicted octanol–water partition coefficient (Wildman–Crippen LogP) is 2.33. The Morgan fingerprint density at radius 3 is 2.95 bits per heavy atom. The smallest absolute Gasteiger partial charge is 0.277 e. The molecule has 0 saturated carbocycles. The van der Waals surface area contributed by atoms with Gasteiger partial charge in [0.2, 0.25) is 0 Å². The van der Waals surface area contributed by atoms with Gasteiger partial charge < -0.3 is 8.83 Å². The summed E-state index contributed by atoms with van der Waals surface area (Å²) in [6, 6.07) is 1.80. The van der Waals surface area contributed by atoms with Crippen molar-refractivity contribution in [2.75, 3.05) is 0 Å². The summed E-state index contributed by atoms with van der Waals surface area (Å²) < 4.78 is 12.6. The van der Waals surface area contributed by atoms with Crippen LogP contribution in [-0.4, -0.2) is 30.4 Å². The highest BCUT2D eigenvalue weighted by molar-refractivity contribution is 7.98. The molecule has 0 aliphatic rings. The molecule has 0 aliphatic heterocycles. The lowest BCUT2D eigenvalue weighted by atomic mass is 10.3. The van der Waals surface area contributed by atoms with E-state index in [1.807, 2.05) is 6.92 Å². The highest BCUT2D eigenvalue weighted by Gasteiger charge is 2.14. The SMILES string of the molecule is CCCn1nnnc1CSc1nnc(-c2ccoc2C)o1. The average Bonchev–Trinajstić information content (AvgIpc) is 3.17. The van der Waals surface area contributed by atoms with Gasteiger partial charge in [-0.2, -0.15) is 0 Å². The van der Waals surface area contributed by atoms with Gasteiger partial charge in [-0.25, -0.2) is 4.68 Å². The Hall–Kier alpha value is -2.16. The number of thioether (sulfide) groups is 1. The zero-order valence-corrected chi connectivity index (χ0v) is 12.5. The van der Waals surface area contributed by atoms with Gasteiger partial charge in [0.15, 0.2) is 5.82 Å². The van der Waals surface area contributed by atoms with Crippen LogP contribution in [0, 0.1) is 6.92 Å². The van der Waals surface area contributed by atoms with E-state index in [2.05, 4.69) is 32.6 Å². The Labute approximate surface area is 124 Å². The number of aryl methyl sites for hydroxylation is 2. The van der Waals surface area contributed by atoms with Gasteiger partial charge in [0.1, 0.15) is 5.76 Å². The van der Waals surface area contributed by atoms with Crippen molar-refractivity contribution in [2.24, 2.45) is 0 Å². The third-order valence-electron chi connectivity index (χ3n) is 2.86. The minimum atomic E-state index is 0.455. The van der Waals surface area contributed by atoms with Crippen molar-refractivity contribution in [3.63, 3.8) is 0 Å². The fraction of sp³-hybridized carbons (Fsp3) is 0.417. The van der Waals surface area contributed by atoms with E-state index in [0.29, 0.717) is 16.9 Å². The lowest BCUT2D eigenvalue weighted by molar-refractivity contribution is 0.463. The lowest BCUT2D eigenvalue weighted by Gasteiger charge is -1.99. The summed E-state index contributed by atoms with van der Waals surface area (Å²) >= 11 is 1.41. The van der Waals surface area contributed by atoms with Crippen molar-refractivity contribution >= 4 is 11.8 Å². The molecular formula is C12H14N6O2S. The average molecular weight is 306 g/mol. The van der Waals surface area contributed by atoms with E-state index in [1.165, 1.54) is 11.8 Å². The largest absolute Gasteiger partial charge is 0.469 e. The number of rotatable bonds is 6. The maximum Gasteiger partial charge on any atom is 0.277 e. The van der Waals surface area contributed by atoms with E-state index in [9.17, 15) is 0 Å². The maximum atomic E-state index is 5.61. The van der Waals surface area contributed by atoms with Gasteiger partial charge in [0.25, 0.3) is 11.1 Å². The summed E-state index contributed by atoms with van der Waals surface area (Å²) in [5.41, 5.74) is 0.810. The molecule has 0 radical (unpaired) electrons. The fourth-order valence-corrected chi connectivity index (χ4v) is 2.52. The second kappa shape index (κ2) is 6.08. The van der Waals surface area contributed by atoms with E-state index >= 15 is 0 Å². The van der Waals surface area contributed by atoms with E-state index in [0.717, 1.165) is 30.1 Å². The van der Waals surface area contributed by atoms with Crippen molar-refractivity contribution in [3.05, 3.63) is 23.9 Å². The van der Waals surface area contributed by atoms with Crippen molar-refractivity contribution in [1.29, 1.82) is 0 Å². The van der Waals surface area contributed by atoms with E-state index < -0.39 is 0 Å². The summed E-state index contributed by atoms with van der Waals surface area (Å²) in [6.45, 7) is 4.73. The van der Waals surface area contributed by atoms with Gasteiger partial charge in [-0.15, -0.1) is 15.3 Å². The Bertz CT molecular complexity index is 719. The molecule has 0 atom stereocenters. The highest BCUT2D eigenvalue weighted by Crippen LogP contribution is 2.27. The molecule has 110 valence electrons.